The number of aryl methyl sites for hydroxylation is 2. The van der Waals surface area contributed by atoms with Gasteiger partial charge in [0.2, 0.25) is 10.0 Å². The molecule has 194 valence electrons. The average Bonchev–Trinajstić information content (AvgIpc) is 3.20. The number of ether oxygens (including phenoxy) is 1. The summed E-state index contributed by atoms with van der Waals surface area (Å²) >= 11 is 0. The largest absolute Gasteiger partial charge is 0.493 e. The predicted molar refractivity (Wildman–Crippen MR) is 135 cm³/mol. The van der Waals surface area contributed by atoms with E-state index in [1.807, 2.05) is 13.8 Å². The summed E-state index contributed by atoms with van der Waals surface area (Å²) in [6.07, 6.45) is 1.23. The molecule has 0 bridgehead atoms. The lowest BCUT2D eigenvalue weighted by Crippen LogP contribution is -2.48. The Hall–Kier alpha value is -3.16. The first-order chi connectivity index (χ1) is 17.3. The standard InChI is InChI=1S/C23H31N7O5S/c1-5-8-20-24-16(4)21-23(31)25-22(30(26-32)29(20)21)18-15-17(9-10-19(18)35-7-3)36(33,34)28-13-11-27(6-2)12-14-28/h9-10,15H,5-8,11-14H2,1-4H3. The molecule has 3 aromatic rings. The van der Waals surface area contributed by atoms with E-state index < -0.39 is 15.6 Å². The van der Waals surface area contributed by atoms with Crippen LogP contribution in [-0.4, -0.2) is 76.2 Å². The molecule has 36 heavy (non-hydrogen) atoms. The van der Waals surface area contributed by atoms with Crippen molar-refractivity contribution in [3.8, 4) is 17.1 Å². The molecule has 1 aliphatic heterocycles. The smallest absolute Gasteiger partial charge is 0.299 e. The van der Waals surface area contributed by atoms with Crippen LogP contribution in [0.2, 0.25) is 0 Å². The molecule has 12 nitrogen and oxygen atoms in total. The number of likely N-dealkylation sites (N-methyl/N-ethyl adjacent to an activating group) is 1. The molecule has 1 aliphatic rings. The van der Waals surface area contributed by atoms with E-state index in [0.717, 1.165) is 17.8 Å². The van der Waals surface area contributed by atoms with Crippen molar-refractivity contribution in [2.24, 2.45) is 5.29 Å². The van der Waals surface area contributed by atoms with Gasteiger partial charge >= 0.3 is 0 Å². The van der Waals surface area contributed by atoms with Crippen LogP contribution in [0.4, 0.5) is 0 Å². The van der Waals surface area contributed by atoms with Gasteiger partial charge in [0.25, 0.3) is 5.56 Å². The monoisotopic (exact) mass is 517 g/mol. The maximum absolute atomic E-state index is 13.5. The number of sulfonamides is 1. The first-order valence-electron chi connectivity index (χ1n) is 12.1. The van der Waals surface area contributed by atoms with Gasteiger partial charge < -0.3 is 9.64 Å². The van der Waals surface area contributed by atoms with Crippen LogP contribution in [0, 0.1) is 11.8 Å². The van der Waals surface area contributed by atoms with E-state index in [-0.39, 0.29) is 34.2 Å². The molecule has 0 unspecified atom stereocenters. The van der Waals surface area contributed by atoms with Crippen LogP contribution in [0.25, 0.3) is 16.9 Å². The predicted octanol–water partition coefficient (Wildman–Crippen LogP) is 2.07. The number of hydrogen-bond acceptors (Lipinski definition) is 9. The third kappa shape index (κ3) is 4.53. The summed E-state index contributed by atoms with van der Waals surface area (Å²) in [7, 11) is -3.83. The molecule has 13 heteroatoms. The molecule has 4 rings (SSSR count). The lowest BCUT2D eigenvalue weighted by atomic mass is 10.2. The number of aromatic nitrogens is 4. The molecule has 0 spiro atoms. The average molecular weight is 518 g/mol. The summed E-state index contributed by atoms with van der Waals surface area (Å²) in [6, 6.07) is 4.38. The lowest BCUT2D eigenvalue weighted by molar-refractivity contribution is 0.196. The molecule has 0 N–H and O–H groups in total. The molecule has 0 aliphatic carbocycles. The zero-order valence-electron chi connectivity index (χ0n) is 21.0. The van der Waals surface area contributed by atoms with Gasteiger partial charge in [-0.1, -0.05) is 13.8 Å². The van der Waals surface area contributed by atoms with E-state index in [9.17, 15) is 18.1 Å². The van der Waals surface area contributed by atoms with Crippen LogP contribution in [-0.2, 0) is 16.4 Å². The van der Waals surface area contributed by atoms with Crippen molar-refractivity contribution in [1.82, 2.24) is 28.5 Å². The minimum absolute atomic E-state index is 0.0216. The van der Waals surface area contributed by atoms with Crippen molar-refractivity contribution in [3.63, 3.8) is 0 Å². The van der Waals surface area contributed by atoms with Gasteiger partial charge in [-0.2, -0.15) is 9.29 Å². The van der Waals surface area contributed by atoms with Crippen molar-refractivity contribution < 1.29 is 13.2 Å². The van der Waals surface area contributed by atoms with Gasteiger partial charge in [0.1, 0.15) is 11.6 Å². The second-order valence-electron chi connectivity index (χ2n) is 8.56. The Kier molecular flexibility index (Phi) is 7.52. The number of benzene rings is 1. The molecule has 0 radical (unpaired) electrons. The molecule has 1 saturated heterocycles. The van der Waals surface area contributed by atoms with Crippen LogP contribution in [0.5, 0.6) is 5.75 Å². The Morgan fingerprint density at radius 3 is 2.42 bits per heavy atom. The van der Waals surface area contributed by atoms with Crippen LogP contribution < -0.4 is 10.3 Å². The lowest BCUT2D eigenvalue weighted by Gasteiger charge is -2.33. The van der Waals surface area contributed by atoms with Gasteiger partial charge in [-0.15, -0.1) is 9.70 Å². The van der Waals surface area contributed by atoms with Gasteiger partial charge in [-0.25, -0.2) is 17.9 Å². The van der Waals surface area contributed by atoms with E-state index in [1.165, 1.54) is 27.0 Å². The normalized spacial score (nSPS) is 15.4. The Labute approximate surface area is 209 Å². The van der Waals surface area contributed by atoms with Gasteiger partial charge in [-0.05, 0) is 45.0 Å². The first kappa shape index (κ1) is 25.9. The van der Waals surface area contributed by atoms with E-state index in [1.54, 1.807) is 13.8 Å². The fourth-order valence-corrected chi connectivity index (χ4v) is 5.95. The molecule has 3 heterocycles. The van der Waals surface area contributed by atoms with Gasteiger partial charge in [0.05, 0.1) is 28.0 Å². The number of nitroso groups, excluding NO2 is 1. The van der Waals surface area contributed by atoms with Crippen molar-refractivity contribution in [2.75, 3.05) is 39.3 Å². The second kappa shape index (κ2) is 10.4. The van der Waals surface area contributed by atoms with Crippen molar-refractivity contribution in [1.29, 1.82) is 0 Å². The Bertz CT molecular complexity index is 1440. The molecule has 1 fully saturated rings. The SMILES string of the molecule is CCCc1nc(C)c2c(=O)nc(-c3cc(S(=O)(=O)N4CCN(CC)CC4)ccc3OCC)n(N=O)n12. The number of fused-ring (bicyclic) bond motifs is 1. The summed E-state index contributed by atoms with van der Waals surface area (Å²) in [4.78, 5) is 36.9. The molecule has 2 aromatic heterocycles. The number of nitrogens with zero attached hydrogens (tertiary/aromatic N) is 7. The third-order valence-electron chi connectivity index (χ3n) is 6.34. The molecule has 0 saturated carbocycles. The number of piperazine rings is 1. The van der Waals surface area contributed by atoms with E-state index in [0.29, 0.717) is 44.1 Å². The minimum Gasteiger partial charge on any atom is -0.493 e. The van der Waals surface area contributed by atoms with Crippen molar-refractivity contribution in [2.45, 2.75) is 45.4 Å². The maximum Gasteiger partial charge on any atom is 0.299 e. The zero-order valence-corrected chi connectivity index (χ0v) is 21.8. The second-order valence-corrected chi connectivity index (χ2v) is 10.5. The van der Waals surface area contributed by atoms with Crippen molar-refractivity contribution in [3.05, 3.63) is 45.0 Å². The number of hydrogen-bond donors (Lipinski definition) is 0. The molecule has 1 aromatic carbocycles. The highest BCUT2D eigenvalue weighted by atomic mass is 32.2. The van der Waals surface area contributed by atoms with Crippen LogP contribution in [0.1, 0.15) is 38.7 Å². The van der Waals surface area contributed by atoms with Crippen LogP contribution in [0.15, 0.2) is 33.2 Å². The molecular formula is C23H31N7O5S. The van der Waals surface area contributed by atoms with Crippen LogP contribution in [0.3, 0.4) is 0 Å². The summed E-state index contributed by atoms with van der Waals surface area (Å²) in [5.74, 6) is 0.652. The fourth-order valence-electron chi connectivity index (χ4n) is 4.50. The maximum atomic E-state index is 13.5. The number of rotatable bonds is 9. The summed E-state index contributed by atoms with van der Waals surface area (Å²) in [5.41, 5.74) is 0.172. The minimum atomic E-state index is -3.83. The quantitative estimate of drug-likeness (QED) is 0.394. The Balaban J connectivity index is 1.91. The van der Waals surface area contributed by atoms with Crippen LogP contribution >= 0.6 is 0 Å². The Morgan fingerprint density at radius 1 is 1.08 bits per heavy atom. The topological polar surface area (TPSA) is 131 Å². The van der Waals surface area contributed by atoms with E-state index in [4.69, 9.17) is 4.74 Å². The zero-order chi connectivity index (χ0) is 26.0. The molecular weight excluding hydrogens is 486 g/mol. The first-order valence-corrected chi connectivity index (χ1v) is 13.5. The fraction of sp³-hybridized carbons (Fsp3) is 0.522. The Morgan fingerprint density at radius 2 is 1.81 bits per heavy atom. The van der Waals surface area contributed by atoms with Gasteiger partial charge in [0.15, 0.2) is 11.3 Å². The summed E-state index contributed by atoms with van der Waals surface area (Å²) in [6.45, 7) is 10.6. The highest BCUT2D eigenvalue weighted by Crippen LogP contribution is 2.33. The van der Waals surface area contributed by atoms with Gasteiger partial charge in [0, 0.05) is 32.6 Å². The molecule has 0 atom stereocenters. The van der Waals surface area contributed by atoms with Gasteiger partial charge in [-0.3, -0.25) is 4.79 Å². The highest BCUT2D eigenvalue weighted by Gasteiger charge is 2.30. The van der Waals surface area contributed by atoms with E-state index >= 15 is 0 Å². The van der Waals surface area contributed by atoms with Crippen molar-refractivity contribution >= 4 is 15.5 Å². The number of imidazole rings is 1. The molecule has 0 amide bonds. The summed E-state index contributed by atoms with van der Waals surface area (Å²) < 4.78 is 35.5. The highest BCUT2D eigenvalue weighted by molar-refractivity contribution is 7.89. The van der Waals surface area contributed by atoms with E-state index in [2.05, 4.69) is 20.2 Å². The summed E-state index contributed by atoms with van der Waals surface area (Å²) in [5, 5.41) is 3.14. The third-order valence-corrected chi connectivity index (χ3v) is 8.24.